The van der Waals surface area contributed by atoms with Gasteiger partial charge in [-0.3, -0.25) is 4.79 Å². The lowest BCUT2D eigenvalue weighted by Gasteiger charge is -2.11. The molecule has 0 unspecified atom stereocenters. The zero-order chi connectivity index (χ0) is 15.2. The molecular weight excluding hydrogens is 264 g/mol. The number of hydrogen-bond donors (Lipinski definition) is 2. The van der Waals surface area contributed by atoms with Gasteiger partial charge in [0.15, 0.2) is 0 Å². The molecule has 4 heteroatoms. The van der Waals surface area contributed by atoms with Crippen molar-refractivity contribution in [1.29, 1.82) is 0 Å². The van der Waals surface area contributed by atoms with E-state index >= 15 is 0 Å². The SMILES string of the molecule is CNc1cc(C)ccc1C(=O)Nc1cccc(COC)c1. The first kappa shape index (κ1) is 15.1. The highest BCUT2D eigenvalue weighted by molar-refractivity contribution is 6.08. The number of nitrogens with one attached hydrogen (secondary N) is 2. The summed E-state index contributed by atoms with van der Waals surface area (Å²) >= 11 is 0. The summed E-state index contributed by atoms with van der Waals surface area (Å²) in [7, 11) is 3.46. The molecule has 0 spiro atoms. The maximum Gasteiger partial charge on any atom is 0.257 e. The number of rotatable bonds is 5. The van der Waals surface area contributed by atoms with E-state index < -0.39 is 0 Å². The highest BCUT2D eigenvalue weighted by atomic mass is 16.5. The Morgan fingerprint density at radius 1 is 1.19 bits per heavy atom. The Labute approximate surface area is 125 Å². The number of benzene rings is 2. The van der Waals surface area contributed by atoms with E-state index in [-0.39, 0.29) is 5.91 Å². The van der Waals surface area contributed by atoms with Gasteiger partial charge in [-0.25, -0.2) is 0 Å². The number of carbonyl (C=O) groups is 1. The van der Waals surface area contributed by atoms with Gasteiger partial charge >= 0.3 is 0 Å². The molecule has 0 heterocycles. The fraction of sp³-hybridized carbons (Fsp3) is 0.235. The summed E-state index contributed by atoms with van der Waals surface area (Å²) in [6.45, 7) is 2.52. The molecule has 2 aromatic rings. The highest BCUT2D eigenvalue weighted by Gasteiger charge is 2.11. The highest BCUT2D eigenvalue weighted by Crippen LogP contribution is 2.19. The van der Waals surface area contributed by atoms with Gasteiger partial charge < -0.3 is 15.4 Å². The number of hydrogen-bond acceptors (Lipinski definition) is 3. The van der Waals surface area contributed by atoms with Gasteiger partial charge in [-0.2, -0.15) is 0 Å². The molecule has 4 nitrogen and oxygen atoms in total. The van der Waals surface area contributed by atoms with Gasteiger partial charge in [0.05, 0.1) is 12.2 Å². The van der Waals surface area contributed by atoms with E-state index in [4.69, 9.17) is 4.74 Å². The standard InChI is InChI=1S/C17H20N2O2/c1-12-7-8-15(16(9-12)18-2)17(20)19-14-6-4-5-13(10-14)11-21-3/h4-10,18H,11H2,1-3H3,(H,19,20). The minimum atomic E-state index is -0.131. The van der Waals surface area contributed by atoms with E-state index in [1.165, 1.54) is 0 Å². The third-order valence-electron chi connectivity index (χ3n) is 3.18. The van der Waals surface area contributed by atoms with Crippen LogP contribution in [0.5, 0.6) is 0 Å². The Hall–Kier alpha value is -2.33. The normalized spacial score (nSPS) is 10.2. The first-order valence-electron chi connectivity index (χ1n) is 6.81. The predicted molar refractivity (Wildman–Crippen MR) is 85.8 cm³/mol. The number of anilines is 2. The number of carbonyl (C=O) groups excluding carboxylic acids is 1. The van der Waals surface area contributed by atoms with E-state index in [1.807, 2.05) is 56.4 Å². The molecule has 0 radical (unpaired) electrons. The molecule has 0 aliphatic carbocycles. The van der Waals surface area contributed by atoms with Crippen LogP contribution in [0.15, 0.2) is 42.5 Å². The fourth-order valence-electron chi connectivity index (χ4n) is 2.17. The summed E-state index contributed by atoms with van der Waals surface area (Å²) in [6.07, 6.45) is 0. The van der Waals surface area contributed by atoms with Gasteiger partial charge in [0.1, 0.15) is 0 Å². The first-order valence-corrected chi connectivity index (χ1v) is 6.81. The molecule has 0 saturated carbocycles. The average Bonchev–Trinajstić information content (AvgIpc) is 2.47. The number of ether oxygens (including phenoxy) is 1. The molecule has 110 valence electrons. The van der Waals surface area contributed by atoms with Crippen LogP contribution < -0.4 is 10.6 Å². The minimum Gasteiger partial charge on any atom is -0.387 e. The molecule has 0 saturated heterocycles. The van der Waals surface area contributed by atoms with Gasteiger partial charge in [0, 0.05) is 25.5 Å². The minimum absolute atomic E-state index is 0.131. The Morgan fingerprint density at radius 3 is 2.71 bits per heavy atom. The lowest BCUT2D eigenvalue weighted by Crippen LogP contribution is -2.14. The zero-order valence-electron chi connectivity index (χ0n) is 12.6. The molecular formula is C17H20N2O2. The summed E-state index contributed by atoms with van der Waals surface area (Å²) in [5.74, 6) is -0.131. The van der Waals surface area contributed by atoms with Gasteiger partial charge in [-0.05, 0) is 42.3 Å². The molecule has 0 aliphatic rings. The van der Waals surface area contributed by atoms with Gasteiger partial charge in [0.2, 0.25) is 0 Å². The van der Waals surface area contributed by atoms with Crippen LogP contribution in [0.25, 0.3) is 0 Å². The van der Waals surface area contributed by atoms with Crippen LogP contribution in [0.3, 0.4) is 0 Å². The van der Waals surface area contributed by atoms with Gasteiger partial charge in [0.25, 0.3) is 5.91 Å². The van der Waals surface area contributed by atoms with E-state index in [0.717, 1.165) is 22.5 Å². The predicted octanol–water partition coefficient (Wildman–Crippen LogP) is 3.44. The van der Waals surface area contributed by atoms with Crippen molar-refractivity contribution in [3.63, 3.8) is 0 Å². The summed E-state index contributed by atoms with van der Waals surface area (Å²) in [6, 6.07) is 13.4. The van der Waals surface area contributed by atoms with E-state index in [2.05, 4.69) is 10.6 Å². The van der Waals surface area contributed by atoms with Crippen molar-refractivity contribution in [1.82, 2.24) is 0 Å². The number of methoxy groups -OCH3 is 1. The summed E-state index contributed by atoms with van der Waals surface area (Å²) in [5, 5.41) is 5.97. The molecule has 0 bridgehead atoms. The second-order valence-electron chi connectivity index (χ2n) is 4.89. The topological polar surface area (TPSA) is 50.4 Å². The molecule has 21 heavy (non-hydrogen) atoms. The van der Waals surface area contributed by atoms with Crippen LogP contribution >= 0.6 is 0 Å². The third kappa shape index (κ3) is 3.83. The van der Waals surface area contributed by atoms with Crippen molar-refractivity contribution >= 4 is 17.3 Å². The summed E-state index contributed by atoms with van der Waals surface area (Å²) in [5.41, 5.74) is 4.34. The molecule has 0 atom stereocenters. The van der Waals surface area contributed by atoms with Gasteiger partial charge in [-0.15, -0.1) is 0 Å². The van der Waals surface area contributed by atoms with E-state index in [1.54, 1.807) is 7.11 Å². The first-order chi connectivity index (χ1) is 10.1. The van der Waals surface area contributed by atoms with Crippen LogP contribution in [0.4, 0.5) is 11.4 Å². The van der Waals surface area contributed by atoms with Crippen LogP contribution in [0, 0.1) is 6.92 Å². The van der Waals surface area contributed by atoms with Crippen molar-refractivity contribution in [2.75, 3.05) is 24.8 Å². The maximum atomic E-state index is 12.4. The largest absolute Gasteiger partial charge is 0.387 e. The smallest absolute Gasteiger partial charge is 0.257 e. The molecule has 1 amide bonds. The van der Waals surface area contributed by atoms with Crippen molar-refractivity contribution in [2.24, 2.45) is 0 Å². The quantitative estimate of drug-likeness (QED) is 0.884. The monoisotopic (exact) mass is 284 g/mol. The van der Waals surface area contributed by atoms with Crippen molar-refractivity contribution in [2.45, 2.75) is 13.5 Å². The van der Waals surface area contributed by atoms with Crippen LogP contribution in [0.2, 0.25) is 0 Å². The second kappa shape index (κ2) is 6.90. The fourth-order valence-corrected chi connectivity index (χ4v) is 2.17. The molecule has 2 aromatic carbocycles. The Balaban J connectivity index is 2.20. The van der Waals surface area contributed by atoms with Crippen molar-refractivity contribution in [3.8, 4) is 0 Å². The molecule has 0 fully saturated rings. The van der Waals surface area contributed by atoms with Crippen molar-refractivity contribution < 1.29 is 9.53 Å². The van der Waals surface area contributed by atoms with Gasteiger partial charge in [-0.1, -0.05) is 18.2 Å². The van der Waals surface area contributed by atoms with Crippen molar-refractivity contribution in [3.05, 3.63) is 59.2 Å². The number of aryl methyl sites for hydroxylation is 1. The Kier molecular flexibility index (Phi) is 4.95. The van der Waals surface area contributed by atoms with E-state index in [9.17, 15) is 4.79 Å². The summed E-state index contributed by atoms with van der Waals surface area (Å²) < 4.78 is 5.10. The van der Waals surface area contributed by atoms with Crippen LogP contribution in [-0.4, -0.2) is 20.1 Å². The van der Waals surface area contributed by atoms with Crippen LogP contribution in [-0.2, 0) is 11.3 Å². The summed E-state index contributed by atoms with van der Waals surface area (Å²) in [4.78, 5) is 12.4. The Morgan fingerprint density at radius 2 is 2.00 bits per heavy atom. The Bertz CT molecular complexity index is 638. The number of amides is 1. The molecule has 0 aliphatic heterocycles. The molecule has 0 aromatic heterocycles. The lowest BCUT2D eigenvalue weighted by molar-refractivity contribution is 0.102. The molecule has 2 rings (SSSR count). The zero-order valence-corrected chi connectivity index (χ0v) is 12.6. The van der Waals surface area contributed by atoms with E-state index in [0.29, 0.717) is 12.2 Å². The lowest BCUT2D eigenvalue weighted by atomic mass is 10.1. The third-order valence-corrected chi connectivity index (χ3v) is 3.18. The maximum absolute atomic E-state index is 12.4. The average molecular weight is 284 g/mol. The molecule has 2 N–H and O–H groups in total. The second-order valence-corrected chi connectivity index (χ2v) is 4.89. The van der Waals surface area contributed by atoms with Crippen LogP contribution in [0.1, 0.15) is 21.5 Å².